The number of amides is 1. The number of rotatable bonds is 6. The van der Waals surface area contributed by atoms with Gasteiger partial charge >= 0.3 is 0 Å². The number of nitrogens with zero attached hydrogens (tertiary/aromatic N) is 5. The van der Waals surface area contributed by atoms with E-state index in [2.05, 4.69) is 25.3 Å². The number of nitrogens with one attached hydrogen (secondary N) is 1. The van der Waals surface area contributed by atoms with Crippen molar-refractivity contribution in [2.24, 2.45) is 5.92 Å². The van der Waals surface area contributed by atoms with Gasteiger partial charge in [-0.25, -0.2) is 9.97 Å². The summed E-state index contributed by atoms with van der Waals surface area (Å²) in [7, 11) is 0. The number of carbonyl (C=O) groups excluding carboxylic acids is 1. The van der Waals surface area contributed by atoms with Gasteiger partial charge in [0.05, 0.1) is 45.1 Å². The number of halogens is 2. The maximum absolute atomic E-state index is 13.2. The van der Waals surface area contributed by atoms with Gasteiger partial charge in [-0.2, -0.15) is 0 Å². The predicted molar refractivity (Wildman–Crippen MR) is 136 cm³/mol. The lowest BCUT2D eigenvalue weighted by atomic mass is 10.1. The van der Waals surface area contributed by atoms with Gasteiger partial charge in [0.25, 0.3) is 5.91 Å². The summed E-state index contributed by atoms with van der Waals surface area (Å²) in [5, 5.41) is 17.5. The van der Waals surface area contributed by atoms with Crippen molar-refractivity contribution in [2.45, 2.75) is 31.3 Å². The molecule has 1 aliphatic carbocycles. The third-order valence-electron chi connectivity index (χ3n) is 7.12. The molecule has 0 radical (unpaired) electrons. The standard InChI is InChI=1S/C24H23Cl2N7O3/c25-16-7-14(32-10-13(5-6-34)29-11-32)2-3-15(16)24(35)30-20-12-1-4-18(20)33(9-12)23-21-19(17(26)8-28-23)22(27)31-36-21/h2-3,7-8,10-12,18,20,34H,1,4-6,9H2,(H2,27,31)(H,30,35)/t12-,18-,20+/m0/s1. The van der Waals surface area contributed by atoms with Crippen LogP contribution in [0.4, 0.5) is 11.6 Å². The molecule has 36 heavy (non-hydrogen) atoms. The van der Waals surface area contributed by atoms with E-state index in [9.17, 15) is 4.79 Å². The van der Waals surface area contributed by atoms with Crippen molar-refractivity contribution in [3.8, 4) is 5.69 Å². The predicted octanol–water partition coefficient (Wildman–Crippen LogP) is 3.23. The third-order valence-corrected chi connectivity index (χ3v) is 7.72. The molecule has 6 rings (SSSR count). The zero-order valence-electron chi connectivity index (χ0n) is 19.1. The zero-order valence-corrected chi connectivity index (χ0v) is 20.6. The smallest absolute Gasteiger partial charge is 0.253 e. The lowest BCUT2D eigenvalue weighted by molar-refractivity contribution is 0.0932. The molecule has 4 heterocycles. The molecule has 0 spiro atoms. The Morgan fingerprint density at radius 1 is 1.25 bits per heavy atom. The minimum Gasteiger partial charge on any atom is -0.396 e. The fourth-order valence-corrected chi connectivity index (χ4v) is 5.91. The summed E-state index contributed by atoms with van der Waals surface area (Å²) in [5.41, 5.74) is 8.35. The van der Waals surface area contributed by atoms with Crippen LogP contribution in [0.3, 0.4) is 0 Å². The van der Waals surface area contributed by atoms with Crippen molar-refractivity contribution in [2.75, 3.05) is 23.8 Å². The Hall–Kier alpha value is -3.34. The summed E-state index contributed by atoms with van der Waals surface area (Å²) in [6, 6.07) is 5.27. The van der Waals surface area contributed by atoms with Gasteiger partial charge in [0.1, 0.15) is 0 Å². The molecule has 1 saturated carbocycles. The molecule has 12 heteroatoms. The van der Waals surface area contributed by atoms with E-state index in [4.69, 9.17) is 38.6 Å². The van der Waals surface area contributed by atoms with Gasteiger partial charge in [0, 0.05) is 37.7 Å². The fourth-order valence-electron chi connectivity index (χ4n) is 5.42. The van der Waals surface area contributed by atoms with Crippen molar-refractivity contribution in [3.63, 3.8) is 0 Å². The van der Waals surface area contributed by atoms with Gasteiger partial charge < -0.3 is 30.1 Å². The minimum atomic E-state index is -0.222. The molecule has 2 fully saturated rings. The highest BCUT2D eigenvalue weighted by molar-refractivity contribution is 6.36. The number of fused-ring (bicyclic) bond motifs is 3. The normalized spacial score (nSPS) is 21.0. The van der Waals surface area contributed by atoms with Crippen LogP contribution < -0.4 is 16.0 Å². The largest absolute Gasteiger partial charge is 0.396 e. The Kier molecular flexibility index (Phi) is 5.74. The number of hydrogen-bond acceptors (Lipinski definition) is 8. The molecule has 4 aromatic rings. The second-order valence-corrected chi connectivity index (χ2v) is 9.98. The number of anilines is 2. The molecule has 0 unspecified atom stereocenters. The molecule has 1 aromatic carbocycles. The third kappa shape index (κ3) is 3.76. The second kappa shape index (κ2) is 8.95. The topological polar surface area (TPSA) is 135 Å². The molecule has 1 saturated heterocycles. The minimum absolute atomic E-state index is 0.0306. The number of aliphatic hydroxyl groups is 1. The summed E-state index contributed by atoms with van der Waals surface area (Å²) in [6.07, 6.45) is 7.43. The first-order valence-electron chi connectivity index (χ1n) is 11.6. The Morgan fingerprint density at radius 2 is 2.11 bits per heavy atom. The number of benzene rings is 1. The summed E-state index contributed by atoms with van der Waals surface area (Å²) in [4.78, 5) is 24.2. The van der Waals surface area contributed by atoms with Crippen molar-refractivity contribution in [1.29, 1.82) is 0 Å². The maximum Gasteiger partial charge on any atom is 0.253 e. The number of nitrogen functional groups attached to an aromatic ring is 1. The number of hydrogen-bond donors (Lipinski definition) is 3. The van der Waals surface area contributed by atoms with Gasteiger partial charge in [-0.05, 0) is 37.0 Å². The van der Waals surface area contributed by atoms with Crippen molar-refractivity contribution >= 4 is 51.7 Å². The highest BCUT2D eigenvalue weighted by Crippen LogP contribution is 2.43. The highest BCUT2D eigenvalue weighted by Gasteiger charge is 2.49. The average Bonchev–Trinajstić information content (AvgIpc) is 3.64. The van der Waals surface area contributed by atoms with Gasteiger partial charge in [0.15, 0.2) is 11.6 Å². The Bertz CT molecular complexity index is 1470. The zero-order chi connectivity index (χ0) is 25.0. The quantitative estimate of drug-likeness (QED) is 0.347. The summed E-state index contributed by atoms with van der Waals surface area (Å²) < 4.78 is 7.27. The molecule has 3 atom stereocenters. The van der Waals surface area contributed by atoms with Gasteiger partial charge in [-0.3, -0.25) is 4.79 Å². The SMILES string of the molecule is Nc1noc2c(N3C[C@@H]4CC[C@H]3[C@@H]4NC(=O)c3ccc(-n4cnc(CCO)c4)cc3Cl)ncc(Cl)c12. The first-order chi connectivity index (χ1) is 17.4. The molecule has 2 aliphatic rings. The van der Waals surface area contributed by atoms with E-state index in [1.165, 1.54) is 0 Å². The van der Waals surface area contributed by atoms with Crippen LogP contribution in [0.25, 0.3) is 16.7 Å². The van der Waals surface area contributed by atoms with E-state index in [-0.39, 0.29) is 36.3 Å². The number of aromatic nitrogens is 4. The summed E-state index contributed by atoms with van der Waals surface area (Å²) in [6.45, 7) is 0.756. The van der Waals surface area contributed by atoms with Crippen LogP contribution in [-0.4, -0.2) is 55.9 Å². The maximum atomic E-state index is 13.2. The van der Waals surface area contributed by atoms with Crippen LogP contribution in [0.1, 0.15) is 28.9 Å². The van der Waals surface area contributed by atoms with Gasteiger partial charge in [-0.1, -0.05) is 28.4 Å². The fraction of sp³-hybridized carbons (Fsp3) is 0.333. The first kappa shape index (κ1) is 23.1. The van der Waals surface area contributed by atoms with E-state index >= 15 is 0 Å². The van der Waals surface area contributed by atoms with Crippen LogP contribution in [-0.2, 0) is 6.42 Å². The van der Waals surface area contributed by atoms with Crippen molar-refractivity contribution < 1.29 is 14.4 Å². The second-order valence-electron chi connectivity index (χ2n) is 9.17. The molecular weight excluding hydrogens is 505 g/mol. The lowest BCUT2D eigenvalue weighted by Gasteiger charge is -2.28. The molecule has 1 amide bonds. The van der Waals surface area contributed by atoms with E-state index in [1.807, 2.05) is 16.8 Å². The number of imidazole rings is 1. The number of nitrogens with two attached hydrogens (primary N) is 1. The molecule has 1 aliphatic heterocycles. The van der Waals surface area contributed by atoms with Crippen LogP contribution in [0.5, 0.6) is 0 Å². The molecule has 4 N–H and O–H groups in total. The van der Waals surface area contributed by atoms with E-state index in [1.54, 1.807) is 24.7 Å². The highest BCUT2D eigenvalue weighted by atomic mass is 35.5. The molecular formula is C24H23Cl2N7O3. The molecule has 3 aromatic heterocycles. The average molecular weight is 528 g/mol. The summed E-state index contributed by atoms with van der Waals surface area (Å²) >= 11 is 12.8. The van der Waals surface area contributed by atoms with E-state index < -0.39 is 0 Å². The monoisotopic (exact) mass is 527 g/mol. The molecule has 2 bridgehead atoms. The number of aliphatic hydroxyl groups excluding tert-OH is 1. The Labute approximate surface area is 216 Å². The Morgan fingerprint density at radius 3 is 2.92 bits per heavy atom. The summed E-state index contributed by atoms with van der Waals surface area (Å²) in [5.74, 6) is 0.903. The number of pyridine rings is 1. The van der Waals surface area contributed by atoms with Gasteiger partial charge in [0.2, 0.25) is 5.58 Å². The van der Waals surface area contributed by atoms with Crippen LogP contribution in [0.15, 0.2) is 41.4 Å². The van der Waals surface area contributed by atoms with Crippen molar-refractivity contribution in [3.05, 3.63) is 58.2 Å². The van der Waals surface area contributed by atoms with Crippen LogP contribution >= 0.6 is 23.2 Å². The van der Waals surface area contributed by atoms with Crippen molar-refractivity contribution in [1.82, 2.24) is 25.0 Å². The molecule has 186 valence electrons. The number of piperidine rings is 1. The first-order valence-corrected chi connectivity index (χ1v) is 12.4. The van der Waals surface area contributed by atoms with Gasteiger partial charge in [-0.15, -0.1) is 0 Å². The number of carbonyl (C=O) groups is 1. The van der Waals surface area contributed by atoms with Crippen LogP contribution in [0.2, 0.25) is 10.0 Å². The van der Waals surface area contributed by atoms with Crippen LogP contribution in [0, 0.1) is 5.92 Å². The van der Waals surface area contributed by atoms with E-state index in [0.717, 1.165) is 30.8 Å². The Balaban J connectivity index is 1.21. The lowest BCUT2D eigenvalue weighted by Crippen LogP contribution is -2.44. The van der Waals surface area contributed by atoms with E-state index in [0.29, 0.717) is 38.8 Å². The molecule has 10 nitrogen and oxygen atoms in total.